The molecule has 2 atom stereocenters. The van der Waals surface area contributed by atoms with E-state index in [1.165, 1.54) is 9.42 Å². The lowest BCUT2D eigenvalue weighted by Crippen LogP contribution is -2.42. The molecular weight excluding hydrogens is 524 g/mol. The summed E-state index contributed by atoms with van der Waals surface area (Å²) in [6, 6.07) is 9.44. The Bertz CT molecular complexity index is 1290. The van der Waals surface area contributed by atoms with E-state index in [1.807, 2.05) is 30.3 Å². The van der Waals surface area contributed by atoms with E-state index in [2.05, 4.69) is 30.9 Å². The molecular formula is C27H34N4O7S. The van der Waals surface area contributed by atoms with Crippen LogP contribution < -0.4 is 9.62 Å². The van der Waals surface area contributed by atoms with Crippen LogP contribution in [-0.2, 0) is 13.8 Å². The quantitative estimate of drug-likeness (QED) is 0.186. The largest absolute Gasteiger partial charge is 0.458 e. The molecule has 1 aliphatic carbocycles. The molecule has 1 amide bonds. The molecule has 2 aromatic heterocycles. The summed E-state index contributed by atoms with van der Waals surface area (Å²) in [7, 11) is 0. The molecule has 3 heterocycles. The maximum atomic E-state index is 13.8. The van der Waals surface area contributed by atoms with Gasteiger partial charge in [-0.1, -0.05) is 51.1 Å². The minimum Gasteiger partial charge on any atom is -0.458 e. The van der Waals surface area contributed by atoms with Crippen LogP contribution in [0.25, 0.3) is 17.0 Å². The zero-order valence-electron chi connectivity index (χ0n) is 22.5. The van der Waals surface area contributed by atoms with Gasteiger partial charge in [-0.25, -0.2) is 9.59 Å². The van der Waals surface area contributed by atoms with Gasteiger partial charge in [0.25, 0.3) is 5.88 Å². The summed E-state index contributed by atoms with van der Waals surface area (Å²) in [6.07, 6.45) is 2.72. The molecule has 1 saturated heterocycles. The van der Waals surface area contributed by atoms with Crippen molar-refractivity contribution < 1.29 is 33.0 Å². The lowest BCUT2D eigenvalue weighted by Gasteiger charge is -2.37. The second-order valence-corrected chi connectivity index (χ2v) is 10.8. The Morgan fingerprint density at radius 2 is 1.77 bits per heavy atom. The smallest absolute Gasteiger partial charge is 0.416 e. The first-order chi connectivity index (χ1) is 18.9. The molecule has 2 aliphatic rings. The van der Waals surface area contributed by atoms with Crippen LogP contribution in [0.15, 0.2) is 30.3 Å². The van der Waals surface area contributed by atoms with E-state index in [1.54, 1.807) is 6.26 Å². The molecule has 1 N–H and O–H groups in total. The lowest BCUT2D eigenvalue weighted by molar-refractivity contribution is -0.0805. The molecule has 2 fully saturated rings. The van der Waals surface area contributed by atoms with Crippen LogP contribution >= 0.6 is 12.0 Å². The molecule has 0 radical (unpaired) electrons. The van der Waals surface area contributed by atoms with E-state index in [0.29, 0.717) is 38.0 Å². The fourth-order valence-electron chi connectivity index (χ4n) is 5.62. The normalized spacial score (nSPS) is 23.5. The number of esters is 1. The third-order valence-corrected chi connectivity index (χ3v) is 7.51. The van der Waals surface area contributed by atoms with Crippen LogP contribution in [0.3, 0.4) is 0 Å². The van der Waals surface area contributed by atoms with Gasteiger partial charge < -0.3 is 29.0 Å². The maximum Gasteiger partial charge on any atom is 0.416 e. The van der Waals surface area contributed by atoms with Crippen LogP contribution in [0, 0.1) is 17.8 Å². The van der Waals surface area contributed by atoms with Crippen LogP contribution in [0.2, 0.25) is 0 Å². The van der Waals surface area contributed by atoms with E-state index < -0.39 is 12.1 Å². The van der Waals surface area contributed by atoms with Crippen molar-refractivity contribution in [2.75, 3.05) is 32.6 Å². The first-order valence-electron chi connectivity index (χ1n) is 13.2. The fraction of sp³-hybridized carbons (Fsp3) is 0.519. The van der Waals surface area contributed by atoms with Gasteiger partial charge in [-0.05, 0) is 30.6 Å². The highest BCUT2D eigenvalue weighted by atomic mass is 32.2. The molecule has 3 aromatic rings. The molecule has 0 spiro atoms. The molecule has 2 unspecified atom stereocenters. The number of nitrogens with one attached hydrogen (secondary N) is 1. The second-order valence-electron chi connectivity index (χ2n) is 10.3. The molecule has 12 heteroatoms. The van der Waals surface area contributed by atoms with Crippen molar-refractivity contribution in [1.29, 1.82) is 0 Å². The number of carbonyl (C=O) groups excluding carboxylic acids is 2. The van der Waals surface area contributed by atoms with Gasteiger partial charge in [-0.15, -0.1) is 9.43 Å². The average molecular weight is 559 g/mol. The number of ether oxygens (including phenoxy) is 3. The first kappa shape index (κ1) is 27.4. The highest BCUT2D eigenvalue weighted by Crippen LogP contribution is 2.41. The van der Waals surface area contributed by atoms with Crippen molar-refractivity contribution in [3.8, 4) is 23.0 Å². The van der Waals surface area contributed by atoms with E-state index in [0.717, 1.165) is 30.4 Å². The number of aromatic amines is 1. The highest BCUT2D eigenvalue weighted by molar-refractivity contribution is 7.93. The van der Waals surface area contributed by atoms with Crippen molar-refractivity contribution >= 4 is 29.8 Å². The fourth-order valence-corrected chi connectivity index (χ4v) is 5.76. The summed E-state index contributed by atoms with van der Waals surface area (Å²) in [5.74, 6) is 0.650. The molecule has 210 valence electrons. The Hall–Kier alpha value is -3.22. The van der Waals surface area contributed by atoms with E-state index in [9.17, 15) is 9.59 Å². The van der Waals surface area contributed by atoms with Gasteiger partial charge >= 0.3 is 12.1 Å². The molecule has 11 nitrogen and oxygen atoms in total. The van der Waals surface area contributed by atoms with E-state index in [-0.39, 0.29) is 40.8 Å². The predicted molar refractivity (Wildman–Crippen MR) is 145 cm³/mol. The van der Waals surface area contributed by atoms with Gasteiger partial charge in [0.2, 0.25) is 5.75 Å². The number of hydrogen-bond acceptors (Lipinski definition) is 9. The van der Waals surface area contributed by atoms with Crippen LogP contribution in [-0.4, -0.2) is 70.2 Å². The number of carbonyl (C=O) groups is 2. The topological polar surface area (TPSA) is 117 Å². The second kappa shape index (κ2) is 11.9. The Labute approximate surface area is 231 Å². The van der Waals surface area contributed by atoms with Gasteiger partial charge in [-0.3, -0.25) is 0 Å². The Balaban J connectivity index is 1.57. The van der Waals surface area contributed by atoms with Gasteiger partial charge in [0.15, 0.2) is 17.0 Å². The molecule has 1 aliphatic heterocycles. The van der Waals surface area contributed by atoms with Gasteiger partial charge in [0.05, 0.1) is 13.2 Å². The van der Waals surface area contributed by atoms with Crippen LogP contribution in [0.5, 0.6) is 11.6 Å². The zero-order chi connectivity index (χ0) is 27.5. The van der Waals surface area contributed by atoms with Gasteiger partial charge in [0, 0.05) is 37.0 Å². The van der Waals surface area contributed by atoms with Crippen LogP contribution in [0.1, 0.15) is 44.0 Å². The van der Waals surface area contributed by atoms with Gasteiger partial charge in [-0.2, -0.15) is 4.52 Å². The molecule has 39 heavy (non-hydrogen) atoms. The van der Waals surface area contributed by atoms with Gasteiger partial charge in [0.1, 0.15) is 6.10 Å². The predicted octanol–water partition coefficient (Wildman–Crippen LogP) is 4.98. The average Bonchev–Trinajstić information content (AvgIpc) is 3.48. The number of nitrogens with zero attached hydrogens (tertiary/aromatic N) is 3. The van der Waals surface area contributed by atoms with E-state index >= 15 is 0 Å². The number of rotatable bonds is 7. The number of amides is 1. The minimum atomic E-state index is -0.612. The first-order valence-corrected chi connectivity index (χ1v) is 14.3. The number of hydrogen-bond donors (Lipinski definition) is 1. The molecule has 1 aromatic carbocycles. The van der Waals surface area contributed by atoms with Crippen LogP contribution in [0.4, 0.5) is 4.79 Å². The van der Waals surface area contributed by atoms with E-state index in [4.69, 9.17) is 23.4 Å². The summed E-state index contributed by atoms with van der Waals surface area (Å²) >= 11 is 0.940. The summed E-state index contributed by atoms with van der Waals surface area (Å²) in [5.41, 5.74) is 1.10. The SMILES string of the molecule is CSOOc1c(C(=O)OC2C(C)CC(C)CC2C)c2[nH]c(-c3ccccc3)nn2c1OC(=O)N1CCOCC1. The van der Waals surface area contributed by atoms with Crippen molar-refractivity contribution in [2.24, 2.45) is 17.8 Å². The van der Waals surface area contributed by atoms with Crippen molar-refractivity contribution in [1.82, 2.24) is 19.5 Å². The highest BCUT2D eigenvalue weighted by Gasteiger charge is 2.38. The summed E-state index contributed by atoms with van der Waals surface area (Å²) in [4.78, 5) is 37.2. The maximum absolute atomic E-state index is 13.8. The summed E-state index contributed by atoms with van der Waals surface area (Å²) in [6.45, 7) is 8.01. The summed E-state index contributed by atoms with van der Waals surface area (Å²) in [5, 5.41) is 4.63. The van der Waals surface area contributed by atoms with Crippen molar-refractivity contribution in [3.05, 3.63) is 35.9 Å². The molecule has 0 bridgehead atoms. The van der Waals surface area contributed by atoms with Crippen molar-refractivity contribution in [3.63, 3.8) is 0 Å². The number of morpholine rings is 1. The Kier molecular flexibility index (Phi) is 8.34. The monoisotopic (exact) mass is 558 g/mol. The number of fused-ring (bicyclic) bond motifs is 1. The number of aromatic nitrogens is 3. The third-order valence-electron chi connectivity index (χ3n) is 7.30. The molecule has 5 rings (SSSR count). The summed E-state index contributed by atoms with van der Waals surface area (Å²) < 4.78 is 23.8. The third kappa shape index (κ3) is 5.73. The minimum absolute atomic E-state index is 0.0431. The number of H-pyrrole nitrogens is 1. The standard InChI is InChI=1S/C27H34N4O7S/c1-16-14-17(2)21(18(3)15-16)35-26(32)20-22(37-38-39-4)25(36-27(33)30-10-12-34-13-11-30)31-24(20)28-23(29-31)19-8-6-5-7-9-19/h5-9,16-18,21H,10-15H2,1-4H3,(H,28,29). The Morgan fingerprint density at radius 3 is 2.44 bits per heavy atom. The van der Waals surface area contributed by atoms with Crippen molar-refractivity contribution in [2.45, 2.75) is 39.7 Å². The Morgan fingerprint density at radius 1 is 1.08 bits per heavy atom. The number of benzene rings is 1. The molecule has 1 saturated carbocycles. The lowest BCUT2D eigenvalue weighted by atomic mass is 9.75. The zero-order valence-corrected chi connectivity index (χ0v) is 23.4.